The summed E-state index contributed by atoms with van der Waals surface area (Å²) < 4.78 is 22.8. The number of carbonyl (C=O) groups is 1. The Morgan fingerprint density at radius 3 is 2.00 bits per heavy atom. The van der Waals surface area contributed by atoms with Crippen molar-refractivity contribution in [1.29, 1.82) is 0 Å². The minimum Gasteiger partial charge on any atom is -0.344 e. The van der Waals surface area contributed by atoms with Gasteiger partial charge < -0.3 is 4.90 Å². The van der Waals surface area contributed by atoms with Gasteiger partial charge in [0.25, 0.3) is 0 Å². The van der Waals surface area contributed by atoms with Crippen molar-refractivity contribution in [2.75, 3.05) is 26.2 Å². The minimum absolute atomic E-state index is 0.0532. The molecule has 2 aliphatic heterocycles. The molecule has 2 rings (SSSR count). The number of amides is 1. The van der Waals surface area contributed by atoms with Gasteiger partial charge in [0.05, 0.1) is 0 Å². The summed E-state index contributed by atoms with van der Waals surface area (Å²) in [4.78, 5) is 12.8. The SMILES string of the molecule is BC(=O)N1CC2=C(C1)CN([SH](=O)=O)C2. The third-order valence-corrected chi connectivity index (χ3v) is 3.43. The monoisotopic (exact) mass is 214 g/mol. The van der Waals surface area contributed by atoms with Crippen molar-refractivity contribution in [3.05, 3.63) is 11.1 Å². The van der Waals surface area contributed by atoms with Crippen molar-refractivity contribution in [1.82, 2.24) is 9.21 Å². The topological polar surface area (TPSA) is 57.7 Å². The van der Waals surface area contributed by atoms with Crippen molar-refractivity contribution in [3.8, 4) is 0 Å². The Labute approximate surface area is 84.9 Å². The lowest BCUT2D eigenvalue weighted by Gasteiger charge is -2.18. The molecule has 0 aliphatic carbocycles. The summed E-state index contributed by atoms with van der Waals surface area (Å²) in [6.45, 7) is 2.14. The van der Waals surface area contributed by atoms with Gasteiger partial charge >= 0.3 is 0 Å². The van der Waals surface area contributed by atoms with Crippen LogP contribution in [0.5, 0.6) is 0 Å². The van der Waals surface area contributed by atoms with Crippen molar-refractivity contribution >= 4 is 24.5 Å². The Hall–Kier alpha value is -0.815. The van der Waals surface area contributed by atoms with E-state index in [1.807, 2.05) is 0 Å². The number of thiol groups is 1. The average Bonchev–Trinajstić information content (AvgIpc) is 2.57. The van der Waals surface area contributed by atoms with E-state index in [1.54, 1.807) is 4.90 Å². The van der Waals surface area contributed by atoms with Gasteiger partial charge in [-0.2, -0.15) is 4.31 Å². The van der Waals surface area contributed by atoms with Gasteiger partial charge in [-0.05, 0) is 11.1 Å². The third kappa shape index (κ3) is 1.57. The molecule has 0 spiro atoms. The smallest absolute Gasteiger partial charge is 0.215 e. The fourth-order valence-electron chi connectivity index (χ4n) is 1.90. The molecule has 14 heavy (non-hydrogen) atoms. The summed E-state index contributed by atoms with van der Waals surface area (Å²) >= 11 is 0. The van der Waals surface area contributed by atoms with Gasteiger partial charge in [-0.25, -0.2) is 8.42 Å². The second-order valence-corrected chi connectivity index (χ2v) is 4.68. The predicted molar refractivity (Wildman–Crippen MR) is 54.4 cm³/mol. The zero-order chi connectivity index (χ0) is 10.3. The quantitative estimate of drug-likeness (QED) is 0.318. The van der Waals surface area contributed by atoms with E-state index in [2.05, 4.69) is 0 Å². The van der Waals surface area contributed by atoms with E-state index >= 15 is 0 Å². The van der Waals surface area contributed by atoms with Crippen molar-refractivity contribution < 1.29 is 13.2 Å². The van der Waals surface area contributed by atoms with Crippen LogP contribution in [0.1, 0.15) is 0 Å². The highest BCUT2D eigenvalue weighted by atomic mass is 32.2. The number of carbonyl (C=O) groups excluding carboxylic acids is 1. The zero-order valence-corrected chi connectivity index (χ0v) is 8.79. The molecule has 7 heteroatoms. The molecule has 0 radical (unpaired) electrons. The van der Waals surface area contributed by atoms with Gasteiger partial charge in [-0.3, -0.25) is 4.79 Å². The molecule has 2 heterocycles. The van der Waals surface area contributed by atoms with E-state index < -0.39 is 10.9 Å². The van der Waals surface area contributed by atoms with E-state index in [-0.39, 0.29) is 5.81 Å². The first kappa shape index (κ1) is 9.73. The lowest BCUT2D eigenvalue weighted by atomic mass is 10.1. The Morgan fingerprint density at radius 2 is 1.64 bits per heavy atom. The van der Waals surface area contributed by atoms with Crippen LogP contribution in [0.4, 0.5) is 4.79 Å². The fourth-order valence-corrected chi connectivity index (χ4v) is 2.47. The molecule has 0 atom stereocenters. The molecule has 0 aromatic carbocycles. The molecule has 0 N–H and O–H groups in total. The van der Waals surface area contributed by atoms with Gasteiger partial charge in [-0.1, -0.05) is 0 Å². The highest BCUT2D eigenvalue weighted by molar-refractivity contribution is 7.69. The lowest BCUT2D eigenvalue weighted by molar-refractivity contribution is 0.231. The van der Waals surface area contributed by atoms with Crippen LogP contribution in [0.15, 0.2) is 11.1 Å². The molecular weight excluding hydrogens is 203 g/mol. The molecular formula is C7H11BN2O3S. The van der Waals surface area contributed by atoms with Crippen molar-refractivity contribution in [2.45, 2.75) is 0 Å². The van der Waals surface area contributed by atoms with Crippen LogP contribution in [-0.4, -0.2) is 57.5 Å². The van der Waals surface area contributed by atoms with Crippen LogP contribution in [0.3, 0.4) is 0 Å². The largest absolute Gasteiger partial charge is 0.344 e. The second-order valence-electron chi connectivity index (χ2n) is 3.64. The van der Waals surface area contributed by atoms with Gasteiger partial charge in [0.2, 0.25) is 18.7 Å². The predicted octanol–water partition coefficient (Wildman–Crippen LogP) is -1.81. The number of nitrogens with zero attached hydrogens (tertiary/aromatic N) is 2. The van der Waals surface area contributed by atoms with Crippen LogP contribution in [-0.2, 0) is 10.9 Å². The molecule has 5 nitrogen and oxygen atoms in total. The van der Waals surface area contributed by atoms with Crippen LogP contribution < -0.4 is 0 Å². The Kier molecular flexibility index (Phi) is 2.36. The Balaban J connectivity index is 2.03. The summed E-state index contributed by atoms with van der Waals surface area (Å²) in [5.74, 6) is 0.0532. The Bertz CT molecular complexity index is 364. The first-order valence-electron chi connectivity index (χ1n) is 4.42. The van der Waals surface area contributed by atoms with E-state index in [9.17, 15) is 13.2 Å². The molecule has 0 bridgehead atoms. The van der Waals surface area contributed by atoms with Gasteiger partial charge in [-0.15, -0.1) is 0 Å². The fraction of sp³-hybridized carbons (Fsp3) is 0.571. The molecule has 0 saturated carbocycles. The molecule has 0 saturated heterocycles. The first-order valence-corrected chi connectivity index (χ1v) is 5.55. The van der Waals surface area contributed by atoms with Crippen LogP contribution in [0.25, 0.3) is 0 Å². The summed E-state index contributed by atoms with van der Waals surface area (Å²) in [7, 11) is -0.932. The van der Waals surface area contributed by atoms with Crippen molar-refractivity contribution in [2.24, 2.45) is 0 Å². The van der Waals surface area contributed by atoms with Gasteiger partial charge in [0.1, 0.15) is 0 Å². The van der Waals surface area contributed by atoms with Crippen LogP contribution >= 0.6 is 0 Å². The highest BCUT2D eigenvalue weighted by Crippen LogP contribution is 2.25. The van der Waals surface area contributed by atoms with E-state index in [0.717, 1.165) is 11.1 Å². The molecule has 0 aromatic heterocycles. The number of hydrogen-bond acceptors (Lipinski definition) is 3. The van der Waals surface area contributed by atoms with E-state index in [0.29, 0.717) is 26.2 Å². The maximum atomic E-state index is 11.1. The summed E-state index contributed by atoms with van der Waals surface area (Å²) in [5.41, 5.74) is 2.19. The number of hydrogen-bond donors (Lipinski definition) is 1. The molecule has 76 valence electrons. The molecule has 2 aliphatic rings. The maximum absolute atomic E-state index is 11.1. The van der Waals surface area contributed by atoms with Crippen LogP contribution in [0.2, 0.25) is 0 Å². The second kappa shape index (κ2) is 3.40. The van der Waals surface area contributed by atoms with Gasteiger partial charge in [0.15, 0.2) is 5.81 Å². The van der Waals surface area contributed by atoms with Crippen LogP contribution in [0, 0.1) is 0 Å². The molecule has 0 fully saturated rings. The lowest BCUT2D eigenvalue weighted by Crippen LogP contribution is -2.32. The summed E-state index contributed by atoms with van der Waals surface area (Å²) in [6.07, 6.45) is 0. The standard InChI is InChI=1S/C7H11BN2O3S/c8-7(11)9-1-5-3-10(14(12)13)4-6(5)2-9/h14H,1-4,8H2. The van der Waals surface area contributed by atoms with Gasteiger partial charge in [0, 0.05) is 26.2 Å². The maximum Gasteiger partial charge on any atom is 0.215 e. The molecule has 0 aromatic rings. The average molecular weight is 214 g/mol. The zero-order valence-electron chi connectivity index (χ0n) is 7.89. The number of rotatable bonds is 1. The highest BCUT2D eigenvalue weighted by Gasteiger charge is 2.31. The summed E-state index contributed by atoms with van der Waals surface area (Å²) in [6, 6.07) is 0. The Morgan fingerprint density at radius 1 is 1.14 bits per heavy atom. The van der Waals surface area contributed by atoms with Crippen molar-refractivity contribution in [3.63, 3.8) is 0 Å². The molecule has 0 unspecified atom stereocenters. The molecule has 1 amide bonds. The third-order valence-electron chi connectivity index (χ3n) is 2.69. The first-order chi connectivity index (χ1) is 6.58. The normalized spacial score (nSPS) is 22.2. The summed E-state index contributed by atoms with van der Waals surface area (Å²) in [5, 5.41) is 0. The minimum atomic E-state index is -2.47. The van der Waals surface area contributed by atoms with E-state index in [1.165, 1.54) is 12.2 Å². The van der Waals surface area contributed by atoms with E-state index in [4.69, 9.17) is 0 Å².